The van der Waals surface area contributed by atoms with Crippen molar-refractivity contribution in [2.75, 3.05) is 0 Å². The maximum atomic E-state index is 12.6. The van der Waals surface area contributed by atoms with Gasteiger partial charge in [0.05, 0.1) is 17.7 Å². The Hall–Kier alpha value is -2.92. The summed E-state index contributed by atoms with van der Waals surface area (Å²) in [6.45, 7) is 2.77. The molecule has 0 fully saturated rings. The van der Waals surface area contributed by atoms with Crippen molar-refractivity contribution in [1.82, 2.24) is 14.9 Å². The third-order valence-electron chi connectivity index (χ3n) is 4.47. The third kappa shape index (κ3) is 3.26. The van der Waals surface area contributed by atoms with Crippen LogP contribution < -0.4 is 5.32 Å². The Kier molecular flexibility index (Phi) is 4.54. The molecule has 5 heteroatoms. The molecule has 0 saturated heterocycles. The summed E-state index contributed by atoms with van der Waals surface area (Å²) in [5.41, 5.74) is 6.01. The molecule has 2 aromatic carbocycles. The van der Waals surface area contributed by atoms with E-state index in [1.165, 1.54) is 0 Å². The Balaban J connectivity index is 1.62. The van der Waals surface area contributed by atoms with Crippen molar-refractivity contribution in [3.8, 4) is 11.3 Å². The zero-order valence-electron chi connectivity index (χ0n) is 14.5. The predicted molar refractivity (Wildman–Crippen MR) is 106 cm³/mol. The summed E-state index contributed by atoms with van der Waals surface area (Å²) in [5, 5.41) is 4.15. The summed E-state index contributed by atoms with van der Waals surface area (Å²) < 4.78 is 2.08. The lowest BCUT2D eigenvalue weighted by molar-refractivity contribution is -0.121. The standard InChI is InChI=1S/C21H19N3OS/c1-15-20(26-14-23-15)12-22-21(25)13-24-18-10-6-5-9-17(18)11-19(24)16-7-3-2-4-8-16/h2-11,14H,12-13H2,1H3,(H,22,25). The van der Waals surface area contributed by atoms with E-state index in [-0.39, 0.29) is 12.5 Å². The topological polar surface area (TPSA) is 46.9 Å². The van der Waals surface area contributed by atoms with E-state index in [0.717, 1.165) is 32.7 Å². The van der Waals surface area contributed by atoms with Crippen molar-refractivity contribution >= 4 is 28.1 Å². The highest BCUT2D eigenvalue weighted by molar-refractivity contribution is 7.09. The van der Waals surface area contributed by atoms with Gasteiger partial charge >= 0.3 is 0 Å². The summed E-state index contributed by atoms with van der Waals surface area (Å²) >= 11 is 1.57. The molecular formula is C21H19N3OS. The average Bonchev–Trinajstić information content (AvgIpc) is 3.24. The van der Waals surface area contributed by atoms with Crippen LogP contribution in [0, 0.1) is 6.92 Å². The SMILES string of the molecule is Cc1ncsc1CNC(=O)Cn1c(-c2ccccc2)cc2ccccc21. The molecule has 0 saturated carbocycles. The molecule has 0 aliphatic rings. The molecule has 0 atom stereocenters. The second-order valence-electron chi connectivity index (χ2n) is 6.18. The lowest BCUT2D eigenvalue weighted by Gasteiger charge is -2.11. The first-order valence-electron chi connectivity index (χ1n) is 8.52. The zero-order chi connectivity index (χ0) is 17.9. The molecule has 26 heavy (non-hydrogen) atoms. The average molecular weight is 361 g/mol. The molecular weight excluding hydrogens is 342 g/mol. The Morgan fingerprint density at radius 3 is 2.65 bits per heavy atom. The Labute approximate surface area is 156 Å². The van der Waals surface area contributed by atoms with E-state index >= 15 is 0 Å². The molecule has 0 bridgehead atoms. The summed E-state index contributed by atoms with van der Waals surface area (Å²) in [6.07, 6.45) is 0. The fourth-order valence-corrected chi connectivity index (χ4v) is 3.82. The fraction of sp³-hybridized carbons (Fsp3) is 0.143. The molecule has 1 N–H and O–H groups in total. The van der Waals surface area contributed by atoms with E-state index in [1.807, 2.05) is 42.8 Å². The van der Waals surface area contributed by atoms with E-state index in [4.69, 9.17) is 0 Å². The van der Waals surface area contributed by atoms with Crippen LogP contribution in [0.4, 0.5) is 0 Å². The van der Waals surface area contributed by atoms with Gasteiger partial charge in [-0.25, -0.2) is 4.98 Å². The van der Waals surface area contributed by atoms with Crippen LogP contribution in [0.25, 0.3) is 22.2 Å². The van der Waals surface area contributed by atoms with E-state index in [1.54, 1.807) is 11.3 Å². The molecule has 130 valence electrons. The van der Waals surface area contributed by atoms with Gasteiger partial charge in [-0.2, -0.15) is 0 Å². The summed E-state index contributed by atoms with van der Waals surface area (Å²) in [5.74, 6) is -0.00339. The maximum absolute atomic E-state index is 12.6. The van der Waals surface area contributed by atoms with E-state index in [9.17, 15) is 4.79 Å². The Bertz CT molecular complexity index is 1050. The summed E-state index contributed by atoms with van der Waals surface area (Å²) in [6, 6.07) is 20.5. The molecule has 0 radical (unpaired) electrons. The number of carbonyl (C=O) groups excluding carboxylic acids is 1. The van der Waals surface area contributed by atoms with Crippen molar-refractivity contribution in [2.24, 2.45) is 0 Å². The molecule has 0 unspecified atom stereocenters. The number of para-hydroxylation sites is 1. The number of benzene rings is 2. The van der Waals surface area contributed by atoms with Crippen molar-refractivity contribution in [3.63, 3.8) is 0 Å². The molecule has 0 spiro atoms. The maximum Gasteiger partial charge on any atom is 0.240 e. The van der Waals surface area contributed by atoms with Crippen molar-refractivity contribution in [3.05, 3.63) is 76.7 Å². The van der Waals surface area contributed by atoms with E-state index < -0.39 is 0 Å². The third-order valence-corrected chi connectivity index (χ3v) is 5.41. The quantitative estimate of drug-likeness (QED) is 0.573. The molecule has 0 aliphatic carbocycles. The first kappa shape index (κ1) is 16.5. The first-order chi connectivity index (χ1) is 12.7. The van der Waals surface area contributed by atoms with Gasteiger partial charge in [-0.05, 0) is 24.6 Å². The highest BCUT2D eigenvalue weighted by Crippen LogP contribution is 2.28. The Morgan fingerprint density at radius 1 is 1.12 bits per heavy atom. The number of aryl methyl sites for hydroxylation is 1. The number of amides is 1. The van der Waals surface area contributed by atoms with Gasteiger partial charge in [0, 0.05) is 21.5 Å². The van der Waals surface area contributed by atoms with Crippen LogP contribution in [0.3, 0.4) is 0 Å². The highest BCUT2D eigenvalue weighted by Gasteiger charge is 2.13. The number of nitrogens with one attached hydrogen (secondary N) is 1. The second-order valence-corrected chi connectivity index (χ2v) is 7.12. The minimum Gasteiger partial charge on any atom is -0.350 e. The number of thiazole rings is 1. The zero-order valence-corrected chi connectivity index (χ0v) is 15.3. The number of hydrogen-bond donors (Lipinski definition) is 1. The largest absolute Gasteiger partial charge is 0.350 e. The summed E-state index contributed by atoms with van der Waals surface area (Å²) in [4.78, 5) is 17.9. The molecule has 4 aromatic rings. The minimum atomic E-state index is -0.00339. The summed E-state index contributed by atoms with van der Waals surface area (Å²) in [7, 11) is 0. The van der Waals surface area contributed by atoms with Gasteiger partial charge in [0.15, 0.2) is 0 Å². The van der Waals surface area contributed by atoms with Gasteiger partial charge in [0.1, 0.15) is 6.54 Å². The predicted octanol–water partition coefficient (Wildman–Crippen LogP) is 4.39. The van der Waals surface area contributed by atoms with Crippen LogP contribution in [-0.4, -0.2) is 15.5 Å². The normalized spacial score (nSPS) is 11.0. The van der Waals surface area contributed by atoms with Gasteiger partial charge in [0.25, 0.3) is 0 Å². The van der Waals surface area contributed by atoms with E-state index in [0.29, 0.717) is 6.54 Å². The monoisotopic (exact) mass is 361 g/mol. The minimum absolute atomic E-state index is 0.00339. The van der Waals surface area contributed by atoms with Gasteiger partial charge in [-0.1, -0.05) is 48.5 Å². The lowest BCUT2D eigenvalue weighted by atomic mass is 10.1. The van der Waals surface area contributed by atoms with Crippen LogP contribution in [0.5, 0.6) is 0 Å². The molecule has 2 aromatic heterocycles. The molecule has 0 aliphatic heterocycles. The lowest BCUT2D eigenvalue weighted by Crippen LogP contribution is -2.27. The second kappa shape index (κ2) is 7.14. The molecule has 1 amide bonds. The smallest absolute Gasteiger partial charge is 0.240 e. The van der Waals surface area contributed by atoms with Gasteiger partial charge in [-0.3, -0.25) is 4.79 Å². The number of carbonyl (C=O) groups is 1. The van der Waals surface area contributed by atoms with Gasteiger partial charge in [-0.15, -0.1) is 11.3 Å². The van der Waals surface area contributed by atoms with E-state index in [2.05, 4.69) is 45.2 Å². The Morgan fingerprint density at radius 2 is 1.88 bits per heavy atom. The molecule has 4 nitrogen and oxygen atoms in total. The highest BCUT2D eigenvalue weighted by atomic mass is 32.1. The first-order valence-corrected chi connectivity index (χ1v) is 9.39. The van der Waals surface area contributed by atoms with Crippen LogP contribution in [0.2, 0.25) is 0 Å². The van der Waals surface area contributed by atoms with Crippen LogP contribution >= 0.6 is 11.3 Å². The van der Waals surface area contributed by atoms with Crippen molar-refractivity contribution < 1.29 is 4.79 Å². The van der Waals surface area contributed by atoms with Gasteiger partial charge in [0.2, 0.25) is 5.91 Å². The van der Waals surface area contributed by atoms with Crippen molar-refractivity contribution in [2.45, 2.75) is 20.0 Å². The molecule has 4 rings (SSSR count). The number of hydrogen-bond acceptors (Lipinski definition) is 3. The number of aromatic nitrogens is 2. The van der Waals surface area contributed by atoms with Gasteiger partial charge < -0.3 is 9.88 Å². The molecule has 2 heterocycles. The van der Waals surface area contributed by atoms with Crippen molar-refractivity contribution in [1.29, 1.82) is 0 Å². The fourth-order valence-electron chi connectivity index (χ4n) is 3.10. The number of rotatable bonds is 5. The van der Waals surface area contributed by atoms with Crippen LogP contribution in [-0.2, 0) is 17.9 Å². The number of fused-ring (bicyclic) bond motifs is 1. The van der Waals surface area contributed by atoms with Crippen LogP contribution in [0.1, 0.15) is 10.6 Å². The number of nitrogens with zero attached hydrogens (tertiary/aromatic N) is 2. The van der Waals surface area contributed by atoms with Crippen LogP contribution in [0.15, 0.2) is 66.2 Å².